The second-order valence-electron chi connectivity index (χ2n) is 4.16. The van der Waals surface area contributed by atoms with Gasteiger partial charge in [-0.05, 0) is 33.2 Å². The van der Waals surface area contributed by atoms with Crippen LogP contribution >= 0.6 is 0 Å². The van der Waals surface area contributed by atoms with E-state index in [-0.39, 0.29) is 6.10 Å². The quantitative estimate of drug-likeness (QED) is 0.676. The van der Waals surface area contributed by atoms with Gasteiger partial charge in [-0.3, -0.25) is 0 Å². The fraction of sp³-hybridized carbons (Fsp3) is 0.667. The Morgan fingerprint density at radius 2 is 2.18 bits per heavy atom. The van der Waals surface area contributed by atoms with E-state index in [2.05, 4.69) is 15.3 Å². The summed E-state index contributed by atoms with van der Waals surface area (Å²) in [6.07, 6.45) is 5.11. The zero-order valence-corrected chi connectivity index (χ0v) is 10.6. The van der Waals surface area contributed by atoms with Gasteiger partial charge < -0.3 is 15.8 Å². The number of anilines is 1. The number of rotatable bonds is 8. The molecule has 0 amide bonds. The van der Waals surface area contributed by atoms with Gasteiger partial charge in [-0.2, -0.15) is 4.98 Å². The average Bonchev–Trinajstić information content (AvgIpc) is 2.28. The lowest BCUT2D eigenvalue weighted by molar-refractivity contribution is 0.232. The van der Waals surface area contributed by atoms with Crippen molar-refractivity contribution in [3.8, 4) is 5.88 Å². The van der Waals surface area contributed by atoms with Crippen LogP contribution in [-0.4, -0.2) is 29.2 Å². The number of ether oxygens (including phenoxy) is 1. The van der Waals surface area contributed by atoms with Crippen LogP contribution in [0.2, 0.25) is 0 Å². The highest BCUT2D eigenvalue weighted by Crippen LogP contribution is 2.10. The van der Waals surface area contributed by atoms with Crippen molar-refractivity contribution >= 4 is 5.95 Å². The lowest BCUT2D eigenvalue weighted by atomic mass is 10.2. The summed E-state index contributed by atoms with van der Waals surface area (Å²) >= 11 is 0. The third-order valence-electron chi connectivity index (χ3n) is 2.15. The SMILES string of the molecule is CC(C)Oc1ccnc(NCCCCCN)n1. The summed E-state index contributed by atoms with van der Waals surface area (Å²) in [6, 6.07) is 1.76. The molecule has 0 unspecified atom stereocenters. The summed E-state index contributed by atoms with van der Waals surface area (Å²) in [6.45, 7) is 5.57. The van der Waals surface area contributed by atoms with Gasteiger partial charge in [-0.1, -0.05) is 6.42 Å². The Morgan fingerprint density at radius 1 is 1.35 bits per heavy atom. The first-order chi connectivity index (χ1) is 8.22. The topological polar surface area (TPSA) is 73.1 Å². The highest BCUT2D eigenvalue weighted by atomic mass is 16.5. The smallest absolute Gasteiger partial charge is 0.225 e. The number of hydrogen-bond acceptors (Lipinski definition) is 5. The van der Waals surface area contributed by atoms with Gasteiger partial charge in [0.15, 0.2) is 0 Å². The van der Waals surface area contributed by atoms with Crippen molar-refractivity contribution in [2.45, 2.75) is 39.2 Å². The van der Waals surface area contributed by atoms with Gasteiger partial charge >= 0.3 is 0 Å². The molecular weight excluding hydrogens is 216 g/mol. The molecule has 1 heterocycles. The molecule has 0 saturated heterocycles. The van der Waals surface area contributed by atoms with E-state index >= 15 is 0 Å². The van der Waals surface area contributed by atoms with E-state index in [1.54, 1.807) is 12.3 Å². The summed E-state index contributed by atoms with van der Waals surface area (Å²) in [5, 5.41) is 3.17. The van der Waals surface area contributed by atoms with E-state index in [1.165, 1.54) is 0 Å². The fourth-order valence-corrected chi connectivity index (χ4v) is 1.38. The Kier molecular flexibility index (Phi) is 6.32. The zero-order chi connectivity index (χ0) is 12.5. The molecule has 5 nitrogen and oxygen atoms in total. The molecule has 0 radical (unpaired) electrons. The number of nitrogens with zero attached hydrogens (tertiary/aromatic N) is 2. The highest BCUT2D eigenvalue weighted by Gasteiger charge is 2.01. The van der Waals surface area contributed by atoms with Gasteiger partial charge in [0.25, 0.3) is 0 Å². The summed E-state index contributed by atoms with van der Waals surface area (Å²) in [5.74, 6) is 1.23. The highest BCUT2D eigenvalue weighted by molar-refractivity contribution is 5.27. The molecule has 0 aliphatic rings. The third kappa shape index (κ3) is 6.06. The van der Waals surface area contributed by atoms with Crippen molar-refractivity contribution < 1.29 is 4.74 Å². The van der Waals surface area contributed by atoms with Gasteiger partial charge in [0.2, 0.25) is 11.8 Å². The molecule has 3 N–H and O–H groups in total. The van der Waals surface area contributed by atoms with Gasteiger partial charge in [-0.15, -0.1) is 0 Å². The van der Waals surface area contributed by atoms with E-state index in [4.69, 9.17) is 10.5 Å². The van der Waals surface area contributed by atoms with E-state index in [1.807, 2.05) is 13.8 Å². The van der Waals surface area contributed by atoms with Gasteiger partial charge in [0.1, 0.15) is 0 Å². The van der Waals surface area contributed by atoms with Crippen LogP contribution in [0.25, 0.3) is 0 Å². The van der Waals surface area contributed by atoms with Gasteiger partial charge in [-0.25, -0.2) is 4.98 Å². The lowest BCUT2D eigenvalue weighted by Gasteiger charge is -2.09. The first-order valence-electron chi connectivity index (χ1n) is 6.16. The zero-order valence-electron chi connectivity index (χ0n) is 10.6. The molecule has 0 fully saturated rings. The van der Waals surface area contributed by atoms with Gasteiger partial charge in [0.05, 0.1) is 6.10 Å². The molecule has 1 aromatic rings. The maximum atomic E-state index is 5.49. The molecule has 0 atom stereocenters. The standard InChI is InChI=1S/C12H22N4O/c1-10(2)17-11-6-9-15-12(16-11)14-8-5-3-4-7-13/h6,9-10H,3-5,7-8,13H2,1-2H3,(H,14,15,16). The number of hydrogen-bond donors (Lipinski definition) is 2. The third-order valence-corrected chi connectivity index (χ3v) is 2.15. The molecule has 0 aliphatic heterocycles. The van der Waals surface area contributed by atoms with E-state index in [0.29, 0.717) is 11.8 Å². The summed E-state index contributed by atoms with van der Waals surface area (Å²) in [4.78, 5) is 8.40. The Hall–Kier alpha value is -1.36. The maximum absolute atomic E-state index is 5.49. The fourth-order valence-electron chi connectivity index (χ4n) is 1.38. The van der Waals surface area contributed by atoms with Crippen LogP contribution in [0.1, 0.15) is 33.1 Å². The van der Waals surface area contributed by atoms with Crippen molar-refractivity contribution in [1.29, 1.82) is 0 Å². The number of nitrogens with one attached hydrogen (secondary N) is 1. The molecule has 17 heavy (non-hydrogen) atoms. The molecule has 1 rings (SSSR count). The lowest BCUT2D eigenvalue weighted by Crippen LogP contribution is -2.10. The largest absolute Gasteiger partial charge is 0.475 e. The molecule has 5 heteroatoms. The predicted molar refractivity (Wildman–Crippen MR) is 69.2 cm³/mol. The second-order valence-corrected chi connectivity index (χ2v) is 4.16. The summed E-state index contributed by atoms with van der Waals surface area (Å²) in [7, 11) is 0. The number of nitrogens with two attached hydrogens (primary N) is 1. The summed E-state index contributed by atoms with van der Waals surface area (Å²) < 4.78 is 5.49. The van der Waals surface area contributed by atoms with Crippen LogP contribution in [-0.2, 0) is 0 Å². The first-order valence-corrected chi connectivity index (χ1v) is 6.16. The molecule has 0 saturated carbocycles. The number of unbranched alkanes of at least 4 members (excludes halogenated alkanes) is 2. The van der Waals surface area contributed by atoms with Crippen molar-refractivity contribution in [2.24, 2.45) is 5.73 Å². The first kappa shape index (κ1) is 13.7. The molecule has 0 spiro atoms. The second kappa shape index (κ2) is 7.84. The van der Waals surface area contributed by atoms with Crippen molar-refractivity contribution in [1.82, 2.24) is 9.97 Å². The molecule has 0 bridgehead atoms. The van der Waals surface area contributed by atoms with Crippen LogP contribution in [0.3, 0.4) is 0 Å². The Morgan fingerprint density at radius 3 is 2.88 bits per heavy atom. The molecule has 0 aromatic carbocycles. The maximum Gasteiger partial charge on any atom is 0.225 e. The Balaban J connectivity index is 2.32. The van der Waals surface area contributed by atoms with Crippen LogP contribution in [0.4, 0.5) is 5.95 Å². The van der Waals surface area contributed by atoms with Crippen molar-refractivity contribution in [2.75, 3.05) is 18.4 Å². The van der Waals surface area contributed by atoms with E-state index in [9.17, 15) is 0 Å². The minimum Gasteiger partial charge on any atom is -0.475 e. The van der Waals surface area contributed by atoms with E-state index < -0.39 is 0 Å². The normalized spacial score (nSPS) is 10.6. The van der Waals surface area contributed by atoms with Gasteiger partial charge in [0, 0.05) is 18.8 Å². The van der Waals surface area contributed by atoms with Crippen LogP contribution in [0.5, 0.6) is 5.88 Å². The minimum atomic E-state index is 0.127. The van der Waals surface area contributed by atoms with Crippen molar-refractivity contribution in [3.63, 3.8) is 0 Å². The Labute approximate surface area is 103 Å². The van der Waals surface area contributed by atoms with E-state index in [0.717, 1.165) is 32.4 Å². The summed E-state index contributed by atoms with van der Waals surface area (Å²) in [5.41, 5.74) is 5.43. The van der Waals surface area contributed by atoms with Crippen molar-refractivity contribution in [3.05, 3.63) is 12.3 Å². The predicted octanol–water partition coefficient (Wildman–Crippen LogP) is 1.80. The minimum absolute atomic E-state index is 0.127. The monoisotopic (exact) mass is 238 g/mol. The van der Waals surface area contributed by atoms with Crippen LogP contribution in [0, 0.1) is 0 Å². The molecular formula is C12H22N4O. The van der Waals surface area contributed by atoms with Crippen LogP contribution < -0.4 is 15.8 Å². The molecule has 0 aliphatic carbocycles. The average molecular weight is 238 g/mol. The number of aromatic nitrogens is 2. The Bertz CT molecular complexity index is 317. The molecule has 96 valence electrons. The van der Waals surface area contributed by atoms with Crippen LogP contribution in [0.15, 0.2) is 12.3 Å². The molecule has 1 aromatic heterocycles.